The number of likely N-dealkylation sites (tertiary alicyclic amines) is 1. The van der Waals surface area contributed by atoms with Gasteiger partial charge in [0.1, 0.15) is 0 Å². The fourth-order valence-electron chi connectivity index (χ4n) is 2.42. The van der Waals surface area contributed by atoms with Crippen LogP contribution < -0.4 is 4.74 Å². The summed E-state index contributed by atoms with van der Waals surface area (Å²) in [4.78, 5) is 2.40. The van der Waals surface area contributed by atoms with Crippen LogP contribution in [-0.4, -0.2) is 30.2 Å². The van der Waals surface area contributed by atoms with Crippen LogP contribution >= 0.6 is 0 Å². The number of phenolic OH excluding ortho intramolecular Hbond substituents is 1. The van der Waals surface area contributed by atoms with Gasteiger partial charge in [-0.25, -0.2) is 0 Å². The second kappa shape index (κ2) is 5.19. The van der Waals surface area contributed by atoms with Gasteiger partial charge in [-0.05, 0) is 37.4 Å². The summed E-state index contributed by atoms with van der Waals surface area (Å²) in [6.45, 7) is 7.66. The molecule has 0 aromatic heterocycles. The monoisotopic (exact) mass is 249 g/mol. The standard InChI is InChI=1S/C15H23NO2/c1-15(2)7-9-16(10-8-15)11-12-5-4-6-13(18-3)14(12)17/h4-6,17H,7-11H2,1-3H3. The van der Waals surface area contributed by atoms with Gasteiger partial charge in [-0.1, -0.05) is 26.0 Å². The van der Waals surface area contributed by atoms with Gasteiger partial charge in [0.2, 0.25) is 0 Å². The molecule has 1 heterocycles. The molecule has 0 radical (unpaired) electrons. The van der Waals surface area contributed by atoms with Gasteiger partial charge in [0.15, 0.2) is 11.5 Å². The molecule has 0 spiro atoms. The molecule has 1 N–H and O–H groups in total. The van der Waals surface area contributed by atoms with Crippen molar-refractivity contribution in [2.75, 3.05) is 20.2 Å². The highest BCUT2D eigenvalue weighted by atomic mass is 16.5. The number of benzene rings is 1. The fraction of sp³-hybridized carbons (Fsp3) is 0.600. The van der Waals surface area contributed by atoms with Crippen molar-refractivity contribution >= 4 is 0 Å². The van der Waals surface area contributed by atoms with Crippen molar-refractivity contribution in [2.45, 2.75) is 33.2 Å². The molecule has 1 aliphatic heterocycles. The van der Waals surface area contributed by atoms with Crippen LogP contribution in [0.1, 0.15) is 32.3 Å². The molecular weight excluding hydrogens is 226 g/mol. The molecule has 2 rings (SSSR count). The van der Waals surface area contributed by atoms with E-state index in [1.807, 2.05) is 12.1 Å². The number of phenols is 1. The lowest BCUT2D eigenvalue weighted by Crippen LogP contribution is -2.36. The lowest BCUT2D eigenvalue weighted by atomic mass is 9.82. The first-order valence-corrected chi connectivity index (χ1v) is 6.59. The molecule has 0 aliphatic carbocycles. The number of nitrogens with zero attached hydrogens (tertiary/aromatic N) is 1. The lowest BCUT2D eigenvalue weighted by molar-refractivity contribution is 0.126. The van der Waals surface area contributed by atoms with E-state index in [4.69, 9.17) is 4.74 Å². The normalized spacial score (nSPS) is 19.7. The smallest absolute Gasteiger partial charge is 0.162 e. The highest BCUT2D eigenvalue weighted by Crippen LogP contribution is 2.33. The predicted molar refractivity (Wildman–Crippen MR) is 73.0 cm³/mol. The molecule has 0 unspecified atom stereocenters. The third-order valence-corrected chi connectivity index (χ3v) is 3.91. The zero-order valence-corrected chi connectivity index (χ0v) is 11.6. The summed E-state index contributed by atoms with van der Waals surface area (Å²) in [7, 11) is 1.59. The van der Waals surface area contributed by atoms with Crippen LogP contribution in [0.15, 0.2) is 18.2 Å². The average molecular weight is 249 g/mol. The van der Waals surface area contributed by atoms with E-state index in [9.17, 15) is 5.11 Å². The Morgan fingerprint density at radius 1 is 1.28 bits per heavy atom. The zero-order valence-electron chi connectivity index (χ0n) is 11.6. The minimum absolute atomic E-state index is 0.282. The van der Waals surface area contributed by atoms with E-state index >= 15 is 0 Å². The molecule has 1 saturated heterocycles. The highest BCUT2D eigenvalue weighted by molar-refractivity contribution is 5.45. The van der Waals surface area contributed by atoms with Gasteiger partial charge in [0, 0.05) is 12.1 Å². The van der Waals surface area contributed by atoms with Gasteiger partial charge >= 0.3 is 0 Å². The Balaban J connectivity index is 2.02. The first-order valence-electron chi connectivity index (χ1n) is 6.59. The van der Waals surface area contributed by atoms with E-state index in [2.05, 4.69) is 18.7 Å². The van der Waals surface area contributed by atoms with Crippen LogP contribution in [0.2, 0.25) is 0 Å². The van der Waals surface area contributed by atoms with E-state index in [1.54, 1.807) is 13.2 Å². The third kappa shape index (κ3) is 2.96. The molecule has 0 bridgehead atoms. The molecule has 1 aromatic rings. The number of methoxy groups -OCH3 is 1. The number of hydrogen-bond acceptors (Lipinski definition) is 3. The van der Waals surface area contributed by atoms with Crippen LogP contribution in [0.25, 0.3) is 0 Å². The third-order valence-electron chi connectivity index (χ3n) is 3.91. The predicted octanol–water partition coefficient (Wildman–Crippen LogP) is 3.02. The van der Waals surface area contributed by atoms with Gasteiger partial charge in [-0.2, -0.15) is 0 Å². The Hall–Kier alpha value is -1.22. The minimum Gasteiger partial charge on any atom is -0.504 e. The van der Waals surface area contributed by atoms with Crippen LogP contribution in [0, 0.1) is 5.41 Å². The first kappa shape index (κ1) is 13.2. The van der Waals surface area contributed by atoms with E-state index < -0.39 is 0 Å². The van der Waals surface area contributed by atoms with Crippen molar-refractivity contribution in [1.29, 1.82) is 0 Å². The van der Waals surface area contributed by atoms with Crippen LogP contribution in [0.3, 0.4) is 0 Å². The maximum atomic E-state index is 10.1. The summed E-state index contributed by atoms with van der Waals surface area (Å²) in [6.07, 6.45) is 2.44. The molecule has 3 nitrogen and oxygen atoms in total. The summed E-state index contributed by atoms with van der Waals surface area (Å²) in [6, 6.07) is 5.69. The highest BCUT2D eigenvalue weighted by Gasteiger charge is 2.25. The molecule has 1 aromatic carbocycles. The van der Waals surface area contributed by atoms with E-state index in [0.29, 0.717) is 11.2 Å². The number of piperidine rings is 1. The van der Waals surface area contributed by atoms with Gasteiger partial charge in [0.25, 0.3) is 0 Å². The van der Waals surface area contributed by atoms with Crippen LogP contribution in [0.5, 0.6) is 11.5 Å². The lowest BCUT2D eigenvalue weighted by Gasteiger charge is -2.37. The van der Waals surface area contributed by atoms with Crippen LogP contribution in [-0.2, 0) is 6.54 Å². The number of rotatable bonds is 3. The first-order chi connectivity index (χ1) is 8.52. The van der Waals surface area contributed by atoms with Gasteiger partial charge in [-0.3, -0.25) is 4.90 Å². The molecular formula is C15H23NO2. The van der Waals surface area contributed by atoms with Crippen molar-refractivity contribution < 1.29 is 9.84 Å². The SMILES string of the molecule is COc1cccc(CN2CCC(C)(C)CC2)c1O. The van der Waals surface area contributed by atoms with Crippen molar-refractivity contribution in [3.8, 4) is 11.5 Å². The summed E-state index contributed by atoms with van der Waals surface area (Å²) in [5, 5.41) is 10.1. The molecule has 3 heteroatoms. The summed E-state index contributed by atoms with van der Waals surface area (Å²) in [5.74, 6) is 0.842. The van der Waals surface area contributed by atoms with Crippen molar-refractivity contribution in [1.82, 2.24) is 4.90 Å². The Morgan fingerprint density at radius 2 is 1.94 bits per heavy atom. The van der Waals surface area contributed by atoms with E-state index in [-0.39, 0.29) is 5.75 Å². The Kier molecular flexibility index (Phi) is 3.81. The Labute approximate surface area is 109 Å². The maximum Gasteiger partial charge on any atom is 0.162 e. The Morgan fingerprint density at radius 3 is 2.56 bits per heavy atom. The topological polar surface area (TPSA) is 32.7 Å². The number of para-hydroxylation sites is 1. The quantitative estimate of drug-likeness (QED) is 0.893. The van der Waals surface area contributed by atoms with E-state index in [1.165, 1.54) is 12.8 Å². The van der Waals surface area contributed by atoms with Crippen molar-refractivity contribution in [3.05, 3.63) is 23.8 Å². The average Bonchev–Trinajstić information content (AvgIpc) is 2.34. The summed E-state index contributed by atoms with van der Waals surface area (Å²) < 4.78 is 5.14. The van der Waals surface area contributed by atoms with Gasteiger partial charge in [-0.15, -0.1) is 0 Å². The number of hydrogen-bond donors (Lipinski definition) is 1. The summed E-state index contributed by atoms with van der Waals surface area (Å²) in [5.41, 5.74) is 1.42. The van der Waals surface area contributed by atoms with Crippen LogP contribution in [0.4, 0.5) is 0 Å². The maximum absolute atomic E-state index is 10.1. The molecule has 0 saturated carbocycles. The van der Waals surface area contributed by atoms with Crippen molar-refractivity contribution in [2.24, 2.45) is 5.41 Å². The zero-order chi connectivity index (χ0) is 13.2. The number of aromatic hydroxyl groups is 1. The second-order valence-corrected chi connectivity index (χ2v) is 5.91. The molecule has 18 heavy (non-hydrogen) atoms. The summed E-state index contributed by atoms with van der Waals surface area (Å²) >= 11 is 0. The minimum atomic E-state index is 0.282. The molecule has 0 atom stereocenters. The molecule has 100 valence electrons. The largest absolute Gasteiger partial charge is 0.504 e. The van der Waals surface area contributed by atoms with E-state index in [0.717, 1.165) is 25.2 Å². The Bertz CT molecular complexity index is 405. The van der Waals surface area contributed by atoms with Gasteiger partial charge in [0.05, 0.1) is 7.11 Å². The second-order valence-electron chi connectivity index (χ2n) is 5.91. The molecule has 1 fully saturated rings. The molecule has 0 amide bonds. The van der Waals surface area contributed by atoms with Crippen molar-refractivity contribution in [3.63, 3.8) is 0 Å². The fourth-order valence-corrected chi connectivity index (χ4v) is 2.42. The number of ether oxygens (including phenoxy) is 1. The van der Waals surface area contributed by atoms with Gasteiger partial charge < -0.3 is 9.84 Å². The molecule has 1 aliphatic rings.